The van der Waals surface area contributed by atoms with Crippen LogP contribution in [0.25, 0.3) is 0 Å². The lowest BCUT2D eigenvalue weighted by atomic mass is 10.3. The van der Waals surface area contributed by atoms with Crippen molar-refractivity contribution < 1.29 is 4.74 Å². The van der Waals surface area contributed by atoms with Crippen LogP contribution in [0, 0.1) is 0 Å². The lowest BCUT2D eigenvalue weighted by Gasteiger charge is -1.80. The van der Waals surface area contributed by atoms with E-state index in [0.717, 1.165) is 13.0 Å². The second kappa shape index (κ2) is 118. The number of methoxy groups -OCH3 is 1. The van der Waals surface area contributed by atoms with E-state index in [2.05, 4.69) is 90.7 Å². The number of hydrogen-bond donors (Lipinski definition) is 0. The number of allylic oxidation sites excluding steroid dienone is 6. The number of ether oxygens (including phenoxy) is 1. The second-order valence-electron chi connectivity index (χ2n) is 7.55. The molecule has 0 saturated heterocycles. The van der Waals surface area contributed by atoms with E-state index in [0.29, 0.717) is 0 Å². The summed E-state index contributed by atoms with van der Waals surface area (Å²) in [7, 11) is 1.68. The van der Waals surface area contributed by atoms with Crippen LogP contribution < -0.4 is 0 Å². The number of thioether (sulfide) groups is 1. The molecule has 0 aromatic rings. The lowest BCUT2D eigenvalue weighted by Crippen LogP contribution is -1.73. The lowest BCUT2D eigenvalue weighted by molar-refractivity contribution is 0.215. The smallest absolute Gasteiger partial charge is 0.0433 e. The minimum absolute atomic E-state index is 0.819. The molecule has 2 heteroatoms. The molecule has 0 aliphatic carbocycles. The minimum atomic E-state index is 0.819. The van der Waals surface area contributed by atoms with Crippen molar-refractivity contribution in [2.75, 3.05) is 25.2 Å². The first-order valence-corrected chi connectivity index (χ1v) is 17.3. The van der Waals surface area contributed by atoms with E-state index in [1.54, 1.807) is 7.11 Å². The maximum absolute atomic E-state index is 4.54. The fraction of sp³-hybridized carbons (Fsp3) is 0.737. The molecule has 0 aliphatic heterocycles. The Morgan fingerprint density at radius 3 is 0.825 bits per heavy atom. The molecule has 246 valence electrons. The van der Waals surface area contributed by atoms with E-state index in [1.807, 2.05) is 104 Å². The molecule has 0 aromatic carbocycles. The first-order valence-electron chi connectivity index (χ1n) is 16.1. The third-order valence-corrected chi connectivity index (χ3v) is 4.19. The molecule has 1 nitrogen and oxygen atoms in total. The Hall–Kier alpha value is -1.17. The van der Waals surface area contributed by atoms with Crippen molar-refractivity contribution in [3.63, 3.8) is 0 Å². The van der Waals surface area contributed by atoms with E-state index in [4.69, 9.17) is 0 Å². The summed E-state index contributed by atoms with van der Waals surface area (Å²) >= 11 is 1.96. The average molecular weight is 587 g/mol. The molecule has 0 rings (SSSR count). The highest BCUT2D eigenvalue weighted by Gasteiger charge is 1.68. The van der Waals surface area contributed by atoms with Gasteiger partial charge in [-0.2, -0.15) is 11.8 Å². The Morgan fingerprint density at radius 2 is 0.825 bits per heavy atom. The third kappa shape index (κ3) is 338. The Labute approximate surface area is 263 Å². The monoisotopic (exact) mass is 587 g/mol. The van der Waals surface area contributed by atoms with E-state index in [9.17, 15) is 0 Å². The van der Waals surface area contributed by atoms with Gasteiger partial charge >= 0.3 is 0 Å². The van der Waals surface area contributed by atoms with E-state index >= 15 is 0 Å². The molecule has 0 aliphatic rings. The summed E-state index contributed by atoms with van der Waals surface area (Å²) in [5.74, 6) is 2.52. The van der Waals surface area contributed by atoms with Crippen LogP contribution in [0.1, 0.15) is 163 Å². The zero-order valence-corrected chi connectivity index (χ0v) is 32.3. The molecule has 0 amide bonds. The van der Waals surface area contributed by atoms with Gasteiger partial charge in [-0.25, -0.2) is 0 Å². The quantitative estimate of drug-likeness (QED) is 0.217. The zero-order valence-electron chi connectivity index (χ0n) is 31.5. The van der Waals surface area contributed by atoms with Gasteiger partial charge in [0.1, 0.15) is 0 Å². The van der Waals surface area contributed by atoms with Gasteiger partial charge in [-0.15, -0.1) is 11.5 Å². The van der Waals surface area contributed by atoms with Crippen LogP contribution in [0.5, 0.6) is 0 Å². The number of hydrogen-bond acceptors (Lipinski definition) is 2. The fourth-order valence-corrected chi connectivity index (χ4v) is 1.53. The highest BCUT2D eigenvalue weighted by Crippen LogP contribution is 1.93. The van der Waals surface area contributed by atoms with Crippen molar-refractivity contribution in [1.29, 1.82) is 0 Å². The molecule has 0 aromatic heterocycles. The van der Waals surface area contributed by atoms with E-state index in [1.165, 1.54) is 50.0 Å². The fourth-order valence-electron chi connectivity index (χ4n) is 1.13. The molecule has 0 atom stereocenters. The van der Waals surface area contributed by atoms with Gasteiger partial charge in [-0.1, -0.05) is 125 Å². The van der Waals surface area contributed by atoms with Gasteiger partial charge in [0.2, 0.25) is 0 Å². The molecule has 0 spiro atoms. The summed E-state index contributed by atoms with van der Waals surface area (Å²) in [5, 5.41) is 0. The van der Waals surface area contributed by atoms with Crippen molar-refractivity contribution in [1.82, 2.24) is 0 Å². The minimum Gasteiger partial charge on any atom is -0.385 e. The highest BCUT2D eigenvalue weighted by molar-refractivity contribution is 7.99. The summed E-state index contributed by atoms with van der Waals surface area (Å²) in [6.07, 6.45) is 24.8. The van der Waals surface area contributed by atoms with Crippen LogP contribution in [0.2, 0.25) is 0 Å². The molecule has 40 heavy (non-hydrogen) atoms. The Morgan fingerprint density at radius 1 is 0.525 bits per heavy atom. The van der Waals surface area contributed by atoms with Gasteiger partial charge < -0.3 is 4.74 Å². The Bertz CT molecular complexity index is 380. The van der Waals surface area contributed by atoms with Crippen LogP contribution in [-0.4, -0.2) is 25.2 Å². The van der Waals surface area contributed by atoms with Crippen molar-refractivity contribution in [2.24, 2.45) is 0 Å². The Balaban J connectivity index is -0.0000000388. The maximum atomic E-state index is 4.54. The molecular weight excluding hydrogens is 504 g/mol. The van der Waals surface area contributed by atoms with Gasteiger partial charge in [-0.05, 0) is 97.6 Å². The molecule has 0 bridgehead atoms. The topological polar surface area (TPSA) is 9.23 Å². The standard InChI is InChI=1S/C5H12.C5H10.2C5H8.C4H10S.C4H10.C4H8.C3H8O.C3H8/c5*1-3-5-4-2;3*1-3-4-2;1-3-2/h3-5H2,1-2H3;3,5H,4H2,1-2H3;2*3-4H,1-2H3;3-4H2,1-2H3;3-4H2,1-2H3;3-4H,1-2H3;3H2,1-2H3;3H2,1-2H3. The van der Waals surface area contributed by atoms with Gasteiger partial charge in [0, 0.05) is 13.7 Å². The summed E-state index contributed by atoms with van der Waals surface area (Å²) in [5.41, 5.74) is 5.72. The van der Waals surface area contributed by atoms with Crippen molar-refractivity contribution in [2.45, 2.75) is 163 Å². The predicted octanol–water partition coefficient (Wildman–Crippen LogP) is 14.9. The average Bonchev–Trinajstić information content (AvgIpc) is 2.97. The van der Waals surface area contributed by atoms with Gasteiger partial charge in [-0.3, -0.25) is 0 Å². The van der Waals surface area contributed by atoms with Gasteiger partial charge in [0.05, 0.1) is 0 Å². The zero-order chi connectivity index (χ0) is 33.6. The summed E-state index contributed by atoms with van der Waals surface area (Å²) in [4.78, 5) is 0. The molecule has 0 fully saturated rings. The van der Waals surface area contributed by atoms with E-state index < -0.39 is 0 Å². The van der Waals surface area contributed by atoms with Crippen LogP contribution in [0.15, 0.2) is 60.1 Å². The molecule has 0 saturated carbocycles. The molecule has 0 N–H and O–H groups in total. The summed E-state index contributed by atoms with van der Waals surface area (Å²) < 4.78 is 4.54. The van der Waals surface area contributed by atoms with Crippen molar-refractivity contribution >= 4 is 11.8 Å². The maximum Gasteiger partial charge on any atom is 0.0433 e. The molecule has 0 heterocycles. The number of rotatable bonds is 7. The van der Waals surface area contributed by atoms with Crippen LogP contribution in [0.4, 0.5) is 0 Å². The number of unbranched alkanes of at least 4 members (excludes halogenated alkanes) is 3. The SMILES string of the molecule is CC=C=CC.CC=C=CC.CC=CC.CC=CCC.CCC.CCCC.CCCCC.CCOC.CCSCC. The summed E-state index contributed by atoms with van der Waals surface area (Å²) in [6, 6.07) is 0. The van der Waals surface area contributed by atoms with Crippen LogP contribution in [-0.2, 0) is 4.74 Å². The molecule has 0 unspecified atom stereocenters. The Kier molecular flexibility index (Phi) is 185. The first kappa shape index (κ1) is 62.5. The van der Waals surface area contributed by atoms with E-state index in [-0.39, 0.29) is 0 Å². The highest BCUT2D eigenvalue weighted by atomic mass is 32.2. The van der Waals surface area contributed by atoms with Gasteiger partial charge in [0.25, 0.3) is 0 Å². The predicted molar refractivity (Wildman–Crippen MR) is 202 cm³/mol. The molecular formula is C38H82OS. The first-order chi connectivity index (χ1) is 19.2. The van der Waals surface area contributed by atoms with Gasteiger partial charge in [0.15, 0.2) is 0 Å². The second-order valence-corrected chi connectivity index (χ2v) is 9.11. The normalized spacial score (nSPS) is 7.55. The van der Waals surface area contributed by atoms with Crippen LogP contribution >= 0.6 is 11.8 Å². The third-order valence-electron chi connectivity index (χ3n) is 3.38. The van der Waals surface area contributed by atoms with Crippen molar-refractivity contribution in [3.8, 4) is 0 Å². The molecule has 0 radical (unpaired) electrons. The van der Waals surface area contributed by atoms with Crippen LogP contribution in [0.3, 0.4) is 0 Å². The summed E-state index contributed by atoms with van der Waals surface area (Å²) in [6.45, 7) is 36.1. The van der Waals surface area contributed by atoms with Crippen molar-refractivity contribution in [3.05, 3.63) is 60.1 Å². The largest absolute Gasteiger partial charge is 0.385 e.